The molecule has 5 heterocycles. The van der Waals surface area contributed by atoms with Crippen LogP contribution in [0.1, 0.15) is 111 Å². The first kappa shape index (κ1) is 54.0. The quantitative estimate of drug-likeness (QED) is 0.0829. The van der Waals surface area contributed by atoms with Gasteiger partial charge in [-0.1, -0.05) is 185 Å². The van der Waals surface area contributed by atoms with Crippen molar-refractivity contribution < 1.29 is 0 Å². The largest absolute Gasteiger partial charge is 0.310 e. The summed E-state index contributed by atoms with van der Waals surface area (Å²) < 4.78 is 3.66. The van der Waals surface area contributed by atoms with E-state index in [2.05, 4.69) is 196 Å². The molecular weight excluding hydrogens is 945 g/mol. The lowest BCUT2D eigenvalue weighted by Gasteiger charge is -2.36. The Kier molecular flexibility index (Phi) is 18.7. The molecule has 382 valence electrons. The van der Waals surface area contributed by atoms with Gasteiger partial charge >= 0.3 is 0 Å². The number of benzene rings is 1. The van der Waals surface area contributed by atoms with Crippen molar-refractivity contribution in [2.24, 2.45) is 4.99 Å². The lowest BCUT2D eigenvalue weighted by molar-refractivity contribution is 0.611. The van der Waals surface area contributed by atoms with Crippen LogP contribution >= 0.6 is 11.3 Å². The van der Waals surface area contributed by atoms with Crippen LogP contribution in [0.3, 0.4) is 0 Å². The molecule has 3 aromatic heterocycles. The Morgan fingerprint density at radius 1 is 0.842 bits per heavy atom. The summed E-state index contributed by atoms with van der Waals surface area (Å²) in [5, 5.41) is 3.55. The molecule has 8 rings (SSSR count). The normalized spacial score (nSPS) is 18.9. The molecule has 0 unspecified atom stereocenters. The molecule has 1 saturated heterocycles. The van der Waals surface area contributed by atoms with Gasteiger partial charge in [-0.05, 0) is 128 Å². The highest BCUT2D eigenvalue weighted by molar-refractivity contribution is 7.19. The molecule has 1 aromatic carbocycles. The standard InChI is InChI=1S/C69H70N6S/c1-10-18-25-33-52(16-7)68-72-65(71-67(73-68)51(15-6)32-19-11-2)45-43-54(34-20-12-3)75-62(38-21-13-4)56(17-8)58-44-41-53-47-55(74-49(9)31-26-24-29-46-70-69(74)61(53)48-63(58)75)42-40-50(14-5)57-36-30-37-60-59-35-27-22-23-28-39-64(59)76-66(57)60/h11-14,16-20,23-38,40-43,45,48H,4-5,7,9-10,15,21-22,39,44,46-47H2,1-3,6,8H3/b19-11-,20-12-,25-18-,28-23-,29-24-,31-26-,35-27?,45-43+,50-40+,51-32+,52-33+,54-34+,55-42+,56-17-,62-38?,70-69?. The number of hydrogen-bond acceptors (Lipinski definition) is 6. The molecule has 0 N–H and O–H groups in total. The Morgan fingerprint density at radius 2 is 1.67 bits per heavy atom. The van der Waals surface area contributed by atoms with Crippen molar-refractivity contribution in [3.05, 3.63) is 262 Å². The van der Waals surface area contributed by atoms with Crippen molar-refractivity contribution in [3.63, 3.8) is 0 Å². The lowest BCUT2D eigenvalue weighted by atomic mass is 9.92. The van der Waals surface area contributed by atoms with Crippen LogP contribution < -0.4 is 10.6 Å². The molecule has 6 nitrogen and oxygen atoms in total. The van der Waals surface area contributed by atoms with Crippen molar-refractivity contribution in [2.45, 2.75) is 79.6 Å². The number of fused-ring (bicyclic) bond motifs is 7. The molecule has 4 aromatic rings. The van der Waals surface area contributed by atoms with Crippen LogP contribution in [0, 0.1) is 0 Å². The van der Waals surface area contributed by atoms with E-state index in [0.717, 1.165) is 88.4 Å². The van der Waals surface area contributed by atoms with Gasteiger partial charge in [0, 0.05) is 61.4 Å². The molecule has 0 radical (unpaired) electrons. The third-order valence-corrected chi connectivity index (χ3v) is 14.8. The average Bonchev–Trinajstić information content (AvgIpc) is 3.88. The molecule has 2 aliphatic heterocycles. The molecule has 2 aliphatic carbocycles. The maximum Gasteiger partial charge on any atom is 0.164 e. The fourth-order valence-corrected chi connectivity index (χ4v) is 11.1. The first-order chi connectivity index (χ1) is 37.3. The number of aliphatic imine (C=N–C) groups is 1. The monoisotopic (exact) mass is 1010 g/mol. The zero-order valence-electron chi connectivity index (χ0n) is 45.0. The molecule has 0 bridgehead atoms. The van der Waals surface area contributed by atoms with E-state index < -0.39 is 0 Å². The third kappa shape index (κ3) is 12.0. The maximum absolute atomic E-state index is 5.39. The smallest absolute Gasteiger partial charge is 0.164 e. The number of piperidine rings is 1. The molecular formula is C69H70N6S. The summed E-state index contributed by atoms with van der Waals surface area (Å²) in [5.74, 6) is 2.59. The predicted molar refractivity (Wildman–Crippen MR) is 332 cm³/mol. The van der Waals surface area contributed by atoms with E-state index in [9.17, 15) is 0 Å². The molecule has 0 amide bonds. The Morgan fingerprint density at radius 3 is 2.45 bits per heavy atom. The predicted octanol–water partition coefficient (Wildman–Crippen LogP) is 16.4. The average molecular weight is 1020 g/mol. The van der Waals surface area contributed by atoms with Crippen LogP contribution in [-0.2, 0) is 12.8 Å². The van der Waals surface area contributed by atoms with Gasteiger partial charge in [0.05, 0.1) is 12.2 Å². The van der Waals surface area contributed by atoms with E-state index in [0.29, 0.717) is 36.9 Å². The van der Waals surface area contributed by atoms with Crippen LogP contribution in [-0.4, -0.2) is 36.8 Å². The summed E-state index contributed by atoms with van der Waals surface area (Å²) in [6.45, 7) is 28.2. The second-order valence-corrected chi connectivity index (χ2v) is 19.5. The van der Waals surface area contributed by atoms with E-state index in [1.807, 2.05) is 67.7 Å². The summed E-state index contributed by atoms with van der Waals surface area (Å²) in [7, 11) is 0. The molecule has 0 saturated carbocycles. The first-order valence-electron chi connectivity index (χ1n) is 26.6. The van der Waals surface area contributed by atoms with E-state index in [1.165, 1.54) is 42.4 Å². The maximum atomic E-state index is 5.39. The lowest BCUT2D eigenvalue weighted by Crippen LogP contribution is -2.35. The summed E-state index contributed by atoms with van der Waals surface area (Å²) in [5.41, 5.74) is 12.9. The molecule has 0 atom stereocenters. The third-order valence-electron chi connectivity index (χ3n) is 13.5. The summed E-state index contributed by atoms with van der Waals surface area (Å²) in [6.07, 6.45) is 65.2. The summed E-state index contributed by atoms with van der Waals surface area (Å²) in [4.78, 5) is 24.2. The number of allylic oxidation sites excluding steroid dienone is 27. The van der Waals surface area contributed by atoms with Crippen molar-refractivity contribution >= 4 is 80.1 Å². The van der Waals surface area contributed by atoms with Crippen molar-refractivity contribution in [1.29, 1.82) is 0 Å². The zero-order chi connectivity index (χ0) is 53.4. The number of hydrogen-bond donors (Lipinski definition) is 0. The first-order valence-corrected chi connectivity index (χ1v) is 27.4. The van der Waals surface area contributed by atoms with Gasteiger partial charge in [0.15, 0.2) is 17.5 Å². The molecule has 0 spiro atoms. The Bertz CT molecular complexity index is 3590. The molecule has 7 heteroatoms. The number of thiophene rings is 1. The van der Waals surface area contributed by atoms with Gasteiger partial charge in [-0.2, -0.15) is 0 Å². The van der Waals surface area contributed by atoms with Crippen molar-refractivity contribution in [1.82, 2.24) is 24.4 Å². The number of nitrogens with zero attached hydrogens (tertiary/aromatic N) is 6. The molecule has 76 heavy (non-hydrogen) atoms. The van der Waals surface area contributed by atoms with Gasteiger partial charge in [-0.25, -0.2) is 15.0 Å². The van der Waals surface area contributed by atoms with Gasteiger partial charge in [0.2, 0.25) is 0 Å². The fraction of sp³-hybridized carbons (Fsp3) is 0.188. The summed E-state index contributed by atoms with van der Waals surface area (Å²) in [6, 6.07) is 6.66. The van der Waals surface area contributed by atoms with Gasteiger partial charge in [-0.15, -0.1) is 17.9 Å². The van der Waals surface area contributed by atoms with Gasteiger partial charge in [-0.3, -0.25) is 9.89 Å². The fourth-order valence-electron chi connectivity index (χ4n) is 9.80. The van der Waals surface area contributed by atoms with Crippen LogP contribution in [0.4, 0.5) is 0 Å². The van der Waals surface area contributed by atoms with E-state index in [1.54, 1.807) is 6.08 Å². The van der Waals surface area contributed by atoms with E-state index >= 15 is 0 Å². The minimum atomic E-state index is 0.510. The van der Waals surface area contributed by atoms with Crippen molar-refractivity contribution in [2.75, 3.05) is 6.54 Å². The Hall–Kier alpha value is -8.26. The SMILES string of the molecule is C=CCC=c1/c(=C\C)c2c(n1C(/C=C/c1nc(/C(C=C)=C/C=C\CC)nc(/C(=C/C=C\C)CC)n1)=C/C=C\C)C=C1C(=CC2)C/C(=C\C=C(/C=C)c2cccc3c4c(sc23)C/C=C\CC=C4)N2C(=C)/C=C\C=C/CN=C12. The second kappa shape index (κ2) is 26.3. The van der Waals surface area contributed by atoms with Crippen LogP contribution in [0.2, 0.25) is 0 Å². The molecule has 4 aliphatic rings. The Labute approximate surface area is 455 Å². The van der Waals surface area contributed by atoms with Crippen LogP contribution in [0.25, 0.3) is 62.9 Å². The summed E-state index contributed by atoms with van der Waals surface area (Å²) >= 11 is 1.89. The van der Waals surface area contributed by atoms with Crippen molar-refractivity contribution in [3.8, 4) is 0 Å². The highest BCUT2D eigenvalue weighted by Crippen LogP contribution is 2.41. The van der Waals surface area contributed by atoms with Gasteiger partial charge < -0.3 is 4.57 Å². The number of amidine groups is 1. The second-order valence-electron chi connectivity index (χ2n) is 18.4. The number of rotatable bonds is 16. The van der Waals surface area contributed by atoms with Crippen LogP contribution in [0.5, 0.6) is 0 Å². The van der Waals surface area contributed by atoms with Gasteiger partial charge in [0.1, 0.15) is 5.84 Å². The highest BCUT2D eigenvalue weighted by Gasteiger charge is 2.32. The van der Waals surface area contributed by atoms with E-state index in [-0.39, 0.29) is 0 Å². The minimum Gasteiger partial charge on any atom is -0.310 e. The topological polar surface area (TPSA) is 59.2 Å². The van der Waals surface area contributed by atoms with Crippen LogP contribution in [0.15, 0.2) is 212 Å². The van der Waals surface area contributed by atoms with Gasteiger partial charge in [0.25, 0.3) is 0 Å². The zero-order valence-corrected chi connectivity index (χ0v) is 45.8. The minimum absolute atomic E-state index is 0.510. The Balaban J connectivity index is 1.30. The molecule has 1 fully saturated rings. The number of aromatic nitrogens is 4. The highest BCUT2D eigenvalue weighted by atomic mass is 32.1. The van der Waals surface area contributed by atoms with E-state index in [4.69, 9.17) is 19.9 Å².